The number of hydrogen-bond donors (Lipinski definition) is 0. The first-order valence-electron chi connectivity index (χ1n) is 3.66. The van der Waals surface area contributed by atoms with Crippen LogP contribution in [0.5, 0.6) is 0 Å². The van der Waals surface area contributed by atoms with Gasteiger partial charge in [0.1, 0.15) is 0 Å². The van der Waals surface area contributed by atoms with Crippen molar-refractivity contribution in [2.24, 2.45) is 5.10 Å². The molecule has 1 heterocycles. The average molecular weight is 142 g/mol. The van der Waals surface area contributed by atoms with Crippen LogP contribution >= 0.6 is 0 Å². The van der Waals surface area contributed by atoms with E-state index in [2.05, 4.69) is 18.7 Å². The van der Waals surface area contributed by atoms with Crippen LogP contribution in [-0.2, 0) is 4.74 Å². The van der Waals surface area contributed by atoms with Gasteiger partial charge in [-0.25, -0.2) is 0 Å². The minimum atomic E-state index is 0.299. The van der Waals surface area contributed by atoms with E-state index in [9.17, 15) is 0 Å². The minimum absolute atomic E-state index is 0.299. The second-order valence-corrected chi connectivity index (χ2v) is 2.59. The van der Waals surface area contributed by atoms with E-state index in [1.54, 1.807) is 0 Å². The first-order valence-corrected chi connectivity index (χ1v) is 3.66. The lowest BCUT2D eigenvalue weighted by Gasteiger charge is -2.16. The summed E-state index contributed by atoms with van der Waals surface area (Å²) >= 11 is 0. The highest BCUT2D eigenvalue weighted by atomic mass is 16.5. The van der Waals surface area contributed by atoms with Crippen molar-refractivity contribution in [2.75, 3.05) is 19.7 Å². The molecule has 1 aliphatic rings. The standard InChI is InChI=1S/C7H14N2O/c1-7-6-9(8-2)4-3-5-10-7/h7H,2-6H2,1H3/t7-/m1/s1. The highest BCUT2D eigenvalue weighted by Gasteiger charge is 2.11. The minimum Gasteiger partial charge on any atom is -0.377 e. The number of hydrazone groups is 1. The molecule has 1 aliphatic heterocycles. The zero-order chi connectivity index (χ0) is 7.40. The Labute approximate surface area is 61.7 Å². The Kier molecular flexibility index (Phi) is 2.68. The molecule has 58 valence electrons. The van der Waals surface area contributed by atoms with Crippen LogP contribution in [0.4, 0.5) is 0 Å². The predicted molar refractivity (Wildman–Crippen MR) is 41.2 cm³/mol. The summed E-state index contributed by atoms with van der Waals surface area (Å²) in [6, 6.07) is 0. The van der Waals surface area contributed by atoms with Gasteiger partial charge in [0.15, 0.2) is 0 Å². The van der Waals surface area contributed by atoms with Crippen LogP contribution < -0.4 is 0 Å². The van der Waals surface area contributed by atoms with Crippen molar-refractivity contribution in [2.45, 2.75) is 19.4 Å². The summed E-state index contributed by atoms with van der Waals surface area (Å²) in [4.78, 5) is 0. The van der Waals surface area contributed by atoms with Crippen molar-refractivity contribution >= 4 is 6.72 Å². The lowest BCUT2D eigenvalue weighted by molar-refractivity contribution is 0.0684. The molecule has 3 heteroatoms. The Balaban J connectivity index is 2.37. The maximum Gasteiger partial charge on any atom is 0.0738 e. The van der Waals surface area contributed by atoms with Crippen molar-refractivity contribution in [3.8, 4) is 0 Å². The highest BCUT2D eigenvalue weighted by Crippen LogP contribution is 2.04. The third-order valence-corrected chi connectivity index (χ3v) is 1.63. The van der Waals surface area contributed by atoms with E-state index in [0.717, 1.165) is 26.1 Å². The largest absolute Gasteiger partial charge is 0.377 e. The fourth-order valence-electron chi connectivity index (χ4n) is 1.10. The molecule has 0 bridgehead atoms. The number of rotatable bonds is 1. The van der Waals surface area contributed by atoms with Gasteiger partial charge in [-0.2, -0.15) is 5.10 Å². The lowest BCUT2D eigenvalue weighted by Crippen LogP contribution is -2.25. The van der Waals surface area contributed by atoms with Crippen LogP contribution in [0, 0.1) is 0 Å². The van der Waals surface area contributed by atoms with Gasteiger partial charge in [-0.3, -0.25) is 5.01 Å². The first-order chi connectivity index (χ1) is 4.83. The van der Waals surface area contributed by atoms with E-state index >= 15 is 0 Å². The summed E-state index contributed by atoms with van der Waals surface area (Å²) in [6.45, 7) is 8.25. The number of nitrogens with zero attached hydrogens (tertiary/aromatic N) is 2. The van der Waals surface area contributed by atoms with Gasteiger partial charge >= 0.3 is 0 Å². The molecular formula is C7H14N2O. The molecule has 1 atom stereocenters. The average Bonchev–Trinajstić information content (AvgIpc) is 2.13. The molecule has 1 rings (SSSR count). The molecule has 0 aromatic rings. The van der Waals surface area contributed by atoms with Crippen LogP contribution in [0.3, 0.4) is 0 Å². The quantitative estimate of drug-likeness (QED) is 0.504. The molecule has 3 nitrogen and oxygen atoms in total. The van der Waals surface area contributed by atoms with Gasteiger partial charge < -0.3 is 4.74 Å². The van der Waals surface area contributed by atoms with Gasteiger partial charge in [0.05, 0.1) is 12.6 Å². The van der Waals surface area contributed by atoms with Gasteiger partial charge in [-0.1, -0.05) is 0 Å². The van der Waals surface area contributed by atoms with Gasteiger partial charge in [-0.15, -0.1) is 0 Å². The maximum atomic E-state index is 5.41. The zero-order valence-electron chi connectivity index (χ0n) is 6.42. The van der Waals surface area contributed by atoms with Crippen molar-refractivity contribution in [3.05, 3.63) is 0 Å². The summed E-state index contributed by atoms with van der Waals surface area (Å²) in [5, 5.41) is 5.82. The fourth-order valence-corrected chi connectivity index (χ4v) is 1.10. The third kappa shape index (κ3) is 1.99. The zero-order valence-corrected chi connectivity index (χ0v) is 6.42. The molecule has 0 unspecified atom stereocenters. The predicted octanol–water partition coefficient (Wildman–Crippen LogP) is 0.713. The topological polar surface area (TPSA) is 24.8 Å². The molecule has 1 fully saturated rings. The fraction of sp³-hybridized carbons (Fsp3) is 0.857. The van der Waals surface area contributed by atoms with E-state index in [1.807, 2.05) is 5.01 Å². The molecule has 0 amide bonds. The normalized spacial score (nSPS) is 27.7. The van der Waals surface area contributed by atoms with Crippen molar-refractivity contribution < 1.29 is 4.74 Å². The molecule has 0 aromatic carbocycles. The summed E-state index contributed by atoms with van der Waals surface area (Å²) in [6.07, 6.45) is 1.36. The van der Waals surface area contributed by atoms with Crippen molar-refractivity contribution in [1.82, 2.24) is 5.01 Å². The van der Waals surface area contributed by atoms with Crippen molar-refractivity contribution in [1.29, 1.82) is 0 Å². The number of ether oxygens (including phenoxy) is 1. The molecule has 10 heavy (non-hydrogen) atoms. The van der Waals surface area contributed by atoms with E-state index in [0.29, 0.717) is 6.10 Å². The first kappa shape index (κ1) is 7.54. The molecule has 0 N–H and O–H groups in total. The van der Waals surface area contributed by atoms with Gasteiger partial charge in [0.2, 0.25) is 0 Å². The molecule has 1 saturated heterocycles. The second kappa shape index (κ2) is 3.56. The van der Waals surface area contributed by atoms with E-state index in [-0.39, 0.29) is 0 Å². The van der Waals surface area contributed by atoms with Gasteiger partial charge in [-0.05, 0) is 13.3 Å². The molecule has 0 aliphatic carbocycles. The molecule has 0 aromatic heterocycles. The summed E-state index contributed by atoms with van der Waals surface area (Å²) in [5.41, 5.74) is 0. The monoisotopic (exact) mass is 142 g/mol. The van der Waals surface area contributed by atoms with Crippen LogP contribution in [0.2, 0.25) is 0 Å². The van der Waals surface area contributed by atoms with E-state index in [4.69, 9.17) is 4.74 Å². The third-order valence-electron chi connectivity index (χ3n) is 1.63. The van der Waals surface area contributed by atoms with E-state index < -0.39 is 0 Å². The Morgan fingerprint density at radius 1 is 1.70 bits per heavy atom. The number of hydrogen-bond acceptors (Lipinski definition) is 3. The molecule has 0 radical (unpaired) electrons. The van der Waals surface area contributed by atoms with Gasteiger partial charge in [0, 0.05) is 19.9 Å². The highest BCUT2D eigenvalue weighted by molar-refractivity contribution is 5.22. The van der Waals surface area contributed by atoms with Crippen LogP contribution in [-0.4, -0.2) is 37.5 Å². The Morgan fingerprint density at radius 2 is 2.50 bits per heavy atom. The Bertz CT molecular complexity index is 116. The Morgan fingerprint density at radius 3 is 3.20 bits per heavy atom. The van der Waals surface area contributed by atoms with Gasteiger partial charge in [0.25, 0.3) is 0 Å². The molecule has 0 spiro atoms. The summed E-state index contributed by atoms with van der Waals surface area (Å²) < 4.78 is 5.41. The second-order valence-electron chi connectivity index (χ2n) is 2.59. The molecule has 0 saturated carbocycles. The van der Waals surface area contributed by atoms with Crippen LogP contribution in [0.1, 0.15) is 13.3 Å². The smallest absolute Gasteiger partial charge is 0.0738 e. The summed E-state index contributed by atoms with van der Waals surface area (Å²) in [5.74, 6) is 0. The van der Waals surface area contributed by atoms with Crippen molar-refractivity contribution in [3.63, 3.8) is 0 Å². The Hall–Kier alpha value is -0.570. The van der Waals surface area contributed by atoms with E-state index in [1.165, 1.54) is 0 Å². The maximum absolute atomic E-state index is 5.41. The SMILES string of the molecule is C=NN1CCCO[C@H](C)C1. The molecular weight excluding hydrogens is 128 g/mol. The van der Waals surface area contributed by atoms with Crippen LogP contribution in [0.25, 0.3) is 0 Å². The lowest BCUT2D eigenvalue weighted by atomic mass is 10.4. The summed E-state index contributed by atoms with van der Waals surface area (Å²) in [7, 11) is 0. The van der Waals surface area contributed by atoms with Crippen LogP contribution in [0.15, 0.2) is 5.10 Å².